The van der Waals surface area contributed by atoms with Gasteiger partial charge in [-0.15, -0.1) is 11.8 Å². The van der Waals surface area contributed by atoms with Crippen LogP contribution in [0.1, 0.15) is 31.2 Å². The van der Waals surface area contributed by atoms with E-state index in [9.17, 15) is 27.5 Å². The van der Waals surface area contributed by atoms with Gasteiger partial charge >= 0.3 is 5.97 Å². The Hall–Kier alpha value is -2.85. The van der Waals surface area contributed by atoms with E-state index in [1.54, 1.807) is 13.3 Å². The number of methoxy groups -OCH3 is 1. The summed E-state index contributed by atoms with van der Waals surface area (Å²) >= 11 is 0.792. The minimum atomic E-state index is -1.69. The monoisotopic (exact) mass is 550 g/mol. The lowest BCUT2D eigenvalue weighted by molar-refractivity contribution is -0.139. The van der Waals surface area contributed by atoms with Gasteiger partial charge in [0.15, 0.2) is 17.5 Å². The van der Waals surface area contributed by atoms with Crippen LogP contribution in [0, 0.1) is 35.1 Å². The van der Waals surface area contributed by atoms with Crippen molar-refractivity contribution in [2.45, 2.75) is 37.0 Å². The third-order valence-corrected chi connectivity index (χ3v) is 8.25. The first-order valence-electron chi connectivity index (χ1n) is 12.6. The molecule has 2 atom stereocenters. The Kier molecular flexibility index (Phi) is 9.49. The average Bonchev–Trinajstić information content (AvgIpc) is 2.90. The van der Waals surface area contributed by atoms with Crippen molar-refractivity contribution in [3.05, 3.63) is 65.4 Å². The summed E-state index contributed by atoms with van der Waals surface area (Å²) in [7, 11) is 1.63. The Morgan fingerprint density at radius 2 is 1.95 bits per heavy atom. The van der Waals surface area contributed by atoms with Gasteiger partial charge in [-0.3, -0.25) is 9.78 Å². The SMILES string of the molecule is COc1ccc2nccc(CCC[C@@H]3CCN(CCSc4c(F)cc(F)c(F)c4F)C[C@@H]3CC(=O)O)c2c1. The first kappa shape index (κ1) is 28.2. The molecule has 5 nitrogen and oxygen atoms in total. The topological polar surface area (TPSA) is 62.7 Å². The largest absolute Gasteiger partial charge is 0.497 e. The molecule has 4 rings (SSSR count). The summed E-state index contributed by atoms with van der Waals surface area (Å²) in [6.45, 7) is 1.76. The van der Waals surface area contributed by atoms with Crippen LogP contribution in [0.2, 0.25) is 0 Å². The van der Waals surface area contributed by atoms with Gasteiger partial charge in [-0.25, -0.2) is 17.6 Å². The second kappa shape index (κ2) is 12.8. The molecule has 10 heteroatoms. The van der Waals surface area contributed by atoms with Gasteiger partial charge in [-0.1, -0.05) is 0 Å². The predicted octanol–water partition coefficient (Wildman–Crippen LogP) is 6.33. The molecule has 204 valence electrons. The number of aryl methyl sites for hydroxylation is 1. The molecule has 1 aliphatic rings. The number of pyridine rings is 1. The van der Waals surface area contributed by atoms with E-state index in [2.05, 4.69) is 9.88 Å². The molecule has 0 aliphatic carbocycles. The Labute approximate surface area is 223 Å². The molecule has 0 unspecified atom stereocenters. The minimum Gasteiger partial charge on any atom is -0.497 e. The van der Waals surface area contributed by atoms with Crippen LogP contribution in [-0.2, 0) is 11.2 Å². The van der Waals surface area contributed by atoms with E-state index in [0.717, 1.165) is 60.6 Å². The number of halogens is 4. The maximum absolute atomic E-state index is 13.9. The first-order valence-corrected chi connectivity index (χ1v) is 13.6. The van der Waals surface area contributed by atoms with Gasteiger partial charge in [-0.05, 0) is 73.9 Å². The van der Waals surface area contributed by atoms with Crippen LogP contribution < -0.4 is 4.74 Å². The number of carboxylic acids is 1. The Bertz CT molecular complexity index is 1290. The van der Waals surface area contributed by atoms with Crippen molar-refractivity contribution in [2.75, 3.05) is 32.5 Å². The summed E-state index contributed by atoms with van der Waals surface area (Å²) in [6.07, 6.45) is 5.30. The van der Waals surface area contributed by atoms with Crippen molar-refractivity contribution in [1.82, 2.24) is 9.88 Å². The molecule has 2 heterocycles. The zero-order valence-corrected chi connectivity index (χ0v) is 21.9. The highest BCUT2D eigenvalue weighted by Gasteiger charge is 2.30. The smallest absolute Gasteiger partial charge is 0.303 e. The summed E-state index contributed by atoms with van der Waals surface area (Å²) in [6, 6.07) is 8.16. The first-order chi connectivity index (χ1) is 18.3. The molecule has 0 saturated carbocycles. The van der Waals surface area contributed by atoms with Gasteiger partial charge < -0.3 is 14.7 Å². The number of ether oxygens (including phenoxy) is 1. The molecule has 1 N–H and O–H groups in total. The number of likely N-dealkylation sites (tertiary alicyclic amines) is 1. The van der Waals surface area contributed by atoms with E-state index >= 15 is 0 Å². The number of piperidine rings is 1. The highest BCUT2D eigenvalue weighted by molar-refractivity contribution is 7.99. The van der Waals surface area contributed by atoms with Crippen molar-refractivity contribution in [3.63, 3.8) is 0 Å². The van der Waals surface area contributed by atoms with Gasteiger partial charge in [0.05, 0.1) is 17.5 Å². The molecule has 0 radical (unpaired) electrons. The third-order valence-electron chi connectivity index (χ3n) is 7.20. The number of fused-ring (bicyclic) bond motifs is 1. The van der Waals surface area contributed by atoms with Crippen LogP contribution in [0.4, 0.5) is 17.6 Å². The molecule has 0 bridgehead atoms. The zero-order chi connectivity index (χ0) is 27.2. The molecule has 1 fully saturated rings. The second-order valence-corrected chi connectivity index (χ2v) is 10.7. The van der Waals surface area contributed by atoms with E-state index < -0.39 is 34.1 Å². The number of thioether (sulfide) groups is 1. The molecule has 3 aromatic rings. The summed E-state index contributed by atoms with van der Waals surface area (Å²) in [5, 5.41) is 10.5. The fourth-order valence-corrected chi connectivity index (χ4v) is 6.20. The van der Waals surface area contributed by atoms with Crippen LogP contribution in [-0.4, -0.2) is 53.5 Å². The molecular weight excluding hydrogens is 520 g/mol. The minimum absolute atomic E-state index is 0.0442. The van der Waals surface area contributed by atoms with E-state index in [1.807, 2.05) is 24.3 Å². The van der Waals surface area contributed by atoms with Crippen LogP contribution in [0.25, 0.3) is 10.9 Å². The van der Waals surface area contributed by atoms with E-state index in [4.69, 9.17) is 4.74 Å². The summed E-state index contributed by atoms with van der Waals surface area (Å²) in [5.41, 5.74) is 2.08. The van der Waals surface area contributed by atoms with Crippen molar-refractivity contribution in [1.29, 1.82) is 0 Å². The quantitative estimate of drug-likeness (QED) is 0.130. The van der Waals surface area contributed by atoms with Gasteiger partial charge in [0, 0.05) is 42.9 Å². The Morgan fingerprint density at radius 1 is 1.13 bits per heavy atom. The van der Waals surface area contributed by atoms with Crippen molar-refractivity contribution < 1.29 is 32.2 Å². The van der Waals surface area contributed by atoms with Crippen LogP contribution in [0.5, 0.6) is 5.75 Å². The molecule has 1 saturated heterocycles. The second-order valence-electron chi connectivity index (χ2n) is 9.60. The number of nitrogens with zero attached hydrogens (tertiary/aromatic N) is 2. The lowest BCUT2D eigenvalue weighted by atomic mass is 9.80. The zero-order valence-electron chi connectivity index (χ0n) is 21.1. The summed E-state index contributed by atoms with van der Waals surface area (Å²) in [4.78, 5) is 17.5. The molecule has 2 aromatic carbocycles. The number of carboxylic acid groups (broad SMARTS) is 1. The predicted molar refractivity (Wildman–Crippen MR) is 139 cm³/mol. The highest BCUT2D eigenvalue weighted by Crippen LogP contribution is 2.33. The number of hydrogen-bond acceptors (Lipinski definition) is 5. The molecular formula is C28H30F4N2O3S. The van der Waals surface area contributed by atoms with Crippen molar-refractivity contribution in [3.8, 4) is 5.75 Å². The highest BCUT2D eigenvalue weighted by atomic mass is 32.2. The number of hydrogen-bond donors (Lipinski definition) is 1. The van der Waals surface area contributed by atoms with Gasteiger partial charge in [0.1, 0.15) is 11.6 Å². The third kappa shape index (κ3) is 6.77. The fourth-order valence-electron chi connectivity index (χ4n) is 5.24. The lowest BCUT2D eigenvalue weighted by Gasteiger charge is -2.38. The van der Waals surface area contributed by atoms with Crippen molar-refractivity contribution in [2.24, 2.45) is 11.8 Å². The number of carbonyl (C=O) groups is 1. The number of rotatable bonds is 11. The fraction of sp³-hybridized carbons (Fsp3) is 0.429. The maximum atomic E-state index is 13.9. The van der Waals surface area contributed by atoms with E-state index in [0.29, 0.717) is 19.2 Å². The lowest BCUT2D eigenvalue weighted by Crippen LogP contribution is -2.42. The molecule has 38 heavy (non-hydrogen) atoms. The van der Waals surface area contributed by atoms with Crippen LogP contribution >= 0.6 is 11.8 Å². The number of aliphatic carboxylic acids is 1. The van der Waals surface area contributed by atoms with E-state index in [1.165, 1.54) is 5.56 Å². The summed E-state index contributed by atoms with van der Waals surface area (Å²) in [5.74, 6) is -5.50. The van der Waals surface area contributed by atoms with Gasteiger partial charge in [0.25, 0.3) is 0 Å². The Morgan fingerprint density at radius 3 is 2.71 bits per heavy atom. The normalized spacial score (nSPS) is 18.1. The molecule has 0 spiro atoms. The van der Waals surface area contributed by atoms with Gasteiger partial charge in [0.2, 0.25) is 0 Å². The molecule has 1 aliphatic heterocycles. The number of benzene rings is 2. The van der Waals surface area contributed by atoms with Crippen molar-refractivity contribution >= 4 is 28.6 Å². The summed E-state index contributed by atoms with van der Waals surface area (Å²) < 4.78 is 59.9. The standard InChI is InChI=1S/C28H30F4N2O3S/c1-37-20-5-6-24-21(14-20)18(7-9-33-24)4-2-3-17-8-10-34(16-19(17)13-25(35)36)11-12-38-28-23(30)15-22(29)26(31)27(28)32/h5-7,9,14-15,17,19H,2-4,8,10-13,16H2,1H3,(H,35,36)/t17-,19+/m1/s1. The van der Waals surface area contributed by atoms with Crippen LogP contribution in [0.3, 0.4) is 0 Å². The van der Waals surface area contributed by atoms with Crippen LogP contribution in [0.15, 0.2) is 41.4 Å². The molecule has 1 aromatic heterocycles. The average molecular weight is 551 g/mol. The number of aromatic nitrogens is 1. The maximum Gasteiger partial charge on any atom is 0.303 e. The van der Waals surface area contributed by atoms with E-state index in [-0.39, 0.29) is 24.0 Å². The van der Waals surface area contributed by atoms with Gasteiger partial charge in [-0.2, -0.15) is 0 Å². The Balaban J connectivity index is 1.33. The molecule has 0 amide bonds.